The van der Waals surface area contributed by atoms with E-state index in [0.29, 0.717) is 0 Å². The molecule has 24 aromatic carbocycles. The molecule has 118 heavy (non-hydrogen) atoms. The number of hydrogen-bond donors (Lipinski definition) is 0. The van der Waals surface area contributed by atoms with Gasteiger partial charge >= 0.3 is 0 Å². The van der Waals surface area contributed by atoms with Crippen LogP contribution in [0.25, 0.3) is 229 Å². The van der Waals surface area contributed by atoms with Crippen LogP contribution in [0.1, 0.15) is 0 Å². The molecule has 0 aliphatic carbocycles. The van der Waals surface area contributed by atoms with Gasteiger partial charge in [-0.2, -0.15) is 0 Å². The molecule has 0 radical (unpaired) electrons. The van der Waals surface area contributed by atoms with Gasteiger partial charge < -0.3 is 0 Å². The molecule has 0 saturated heterocycles. The number of benzene rings is 24. The molecule has 0 heterocycles. The lowest BCUT2D eigenvalue weighted by Crippen LogP contribution is -1.93. The van der Waals surface area contributed by atoms with Crippen molar-refractivity contribution >= 4 is 129 Å². The molecule has 0 unspecified atom stereocenters. The predicted octanol–water partition coefficient (Wildman–Crippen LogP) is 33.3. The topological polar surface area (TPSA) is 0 Å². The van der Waals surface area contributed by atoms with Gasteiger partial charge in [-0.3, -0.25) is 0 Å². The normalized spacial score (nSPS) is 11.6. The van der Waals surface area contributed by atoms with E-state index in [1.807, 2.05) is 0 Å². The fourth-order valence-electron chi connectivity index (χ4n) is 19.2. The lowest BCUT2D eigenvalue weighted by atomic mass is 9.82. The van der Waals surface area contributed by atoms with Gasteiger partial charge in [-0.15, -0.1) is 0 Å². The molecule has 0 aliphatic rings. The minimum atomic E-state index is 1.22. The average molecular weight is 1490 g/mol. The van der Waals surface area contributed by atoms with Gasteiger partial charge in [0, 0.05) is 0 Å². The van der Waals surface area contributed by atoms with Gasteiger partial charge in [0.05, 0.1) is 0 Å². The standard InChI is InChI=1S/C42H28.C40H24.C36H24/c1-3-14-29(15-4-1)32-26-33(30-16-5-2-6-17-30)28-34(27-32)41-37-21-9-11-23-39(37)42(40-24-12-10-22-38(40)41)36-25-13-19-31-18-7-8-20-35(31)36;1-2-10-28-23-30(22-19-25(28)9-1)38-31-14-3-5-16-33(31)40(34-17-6-4-15-32(34)38)36-24-29-13-7-11-26-20-21-27-12-8-18-35(36)39(27)37(26)29;1-2-12-27(13-3-1)35-31-16-6-8-18-33(31)36(34-19-9-7-17-32(34)35)28-23-21-26(22-24-28)30-20-10-14-25-11-4-5-15-29(25)30/h1-28H;1-24H;1-24H. The zero-order chi connectivity index (χ0) is 78.0. The summed E-state index contributed by atoms with van der Waals surface area (Å²) in [6.07, 6.45) is 0. The highest BCUT2D eigenvalue weighted by molar-refractivity contribution is 6.31. The van der Waals surface area contributed by atoms with E-state index >= 15 is 0 Å². The molecule has 548 valence electrons. The molecule has 0 saturated carbocycles. The Morgan fingerprint density at radius 3 is 0.856 bits per heavy atom. The van der Waals surface area contributed by atoms with Gasteiger partial charge in [0.15, 0.2) is 0 Å². The van der Waals surface area contributed by atoms with E-state index in [4.69, 9.17) is 0 Å². The van der Waals surface area contributed by atoms with Crippen molar-refractivity contribution in [3.05, 3.63) is 461 Å². The van der Waals surface area contributed by atoms with Crippen LogP contribution in [0.2, 0.25) is 0 Å². The van der Waals surface area contributed by atoms with E-state index in [0.717, 1.165) is 0 Å². The van der Waals surface area contributed by atoms with Crippen LogP contribution >= 0.6 is 0 Å². The summed E-state index contributed by atoms with van der Waals surface area (Å²) in [6, 6.07) is 168. The van der Waals surface area contributed by atoms with Gasteiger partial charge in [-0.1, -0.05) is 431 Å². The smallest absolute Gasteiger partial charge is 0.00199 e. The summed E-state index contributed by atoms with van der Waals surface area (Å²) in [4.78, 5) is 0. The second-order valence-corrected chi connectivity index (χ2v) is 31.1. The summed E-state index contributed by atoms with van der Waals surface area (Å²) < 4.78 is 0. The van der Waals surface area contributed by atoms with Gasteiger partial charge in [0.1, 0.15) is 0 Å². The van der Waals surface area contributed by atoms with E-state index in [-0.39, 0.29) is 0 Å². The zero-order valence-corrected chi connectivity index (χ0v) is 64.9. The molecule has 0 bridgehead atoms. The maximum atomic E-state index is 2.42. The van der Waals surface area contributed by atoms with Crippen LogP contribution in [0.15, 0.2) is 461 Å². The Morgan fingerprint density at radius 1 is 0.0932 bits per heavy atom. The zero-order valence-electron chi connectivity index (χ0n) is 64.9. The first-order valence-electron chi connectivity index (χ1n) is 40.9. The number of fused-ring (bicyclic) bond motifs is 9. The van der Waals surface area contributed by atoms with Gasteiger partial charge in [-0.05, 0) is 260 Å². The third-order valence-electron chi connectivity index (χ3n) is 24.4. The van der Waals surface area contributed by atoms with Crippen LogP contribution in [-0.2, 0) is 0 Å². The first kappa shape index (κ1) is 69.4. The molecular weight excluding hydrogens is 1420 g/mol. The van der Waals surface area contributed by atoms with E-state index in [2.05, 4.69) is 461 Å². The Bertz CT molecular complexity index is 7770. The molecule has 24 aromatic rings. The lowest BCUT2D eigenvalue weighted by molar-refractivity contribution is 1.58. The third kappa shape index (κ3) is 12.1. The number of rotatable bonds is 9. The summed E-state index contributed by atoms with van der Waals surface area (Å²) >= 11 is 0. The van der Waals surface area contributed by atoms with Crippen molar-refractivity contribution in [2.75, 3.05) is 0 Å². The highest BCUT2D eigenvalue weighted by Gasteiger charge is 2.24. The molecule has 0 N–H and O–H groups in total. The van der Waals surface area contributed by atoms with Crippen molar-refractivity contribution in [1.29, 1.82) is 0 Å². The van der Waals surface area contributed by atoms with E-state index in [9.17, 15) is 0 Å². The van der Waals surface area contributed by atoms with Crippen molar-refractivity contribution in [2.45, 2.75) is 0 Å². The summed E-state index contributed by atoms with van der Waals surface area (Å²) in [5, 5.41) is 30.9. The summed E-state index contributed by atoms with van der Waals surface area (Å²) in [5.41, 5.74) is 22.7. The van der Waals surface area contributed by atoms with Crippen LogP contribution in [0.3, 0.4) is 0 Å². The molecule has 0 aromatic heterocycles. The van der Waals surface area contributed by atoms with E-state index < -0.39 is 0 Å². The molecule has 0 heteroatoms. The molecule has 0 aliphatic heterocycles. The molecule has 0 fully saturated rings. The van der Waals surface area contributed by atoms with Crippen molar-refractivity contribution < 1.29 is 0 Å². The van der Waals surface area contributed by atoms with Crippen LogP contribution in [-0.4, -0.2) is 0 Å². The largest absolute Gasteiger partial charge is 0.0622 e. The maximum Gasteiger partial charge on any atom is -0.00199 e. The van der Waals surface area contributed by atoms with Crippen molar-refractivity contribution in [3.8, 4) is 100 Å². The quantitative estimate of drug-likeness (QED) is 0.0998. The van der Waals surface area contributed by atoms with Crippen molar-refractivity contribution in [1.82, 2.24) is 0 Å². The highest BCUT2D eigenvalue weighted by Crippen LogP contribution is 2.51. The Hall–Kier alpha value is -15.3. The minimum absolute atomic E-state index is 1.22. The minimum Gasteiger partial charge on any atom is -0.0622 e. The van der Waals surface area contributed by atoms with Crippen LogP contribution < -0.4 is 0 Å². The molecule has 0 atom stereocenters. The first-order valence-corrected chi connectivity index (χ1v) is 40.9. The van der Waals surface area contributed by atoms with Gasteiger partial charge in [0.25, 0.3) is 0 Å². The van der Waals surface area contributed by atoms with E-state index in [1.54, 1.807) is 0 Å². The van der Waals surface area contributed by atoms with Crippen molar-refractivity contribution in [3.63, 3.8) is 0 Å². The summed E-state index contributed by atoms with van der Waals surface area (Å²) in [5.74, 6) is 0. The first-order chi connectivity index (χ1) is 58.6. The van der Waals surface area contributed by atoms with E-state index in [1.165, 1.54) is 229 Å². The Morgan fingerprint density at radius 2 is 0.373 bits per heavy atom. The molecule has 0 nitrogen and oxygen atoms in total. The second kappa shape index (κ2) is 29.6. The third-order valence-corrected chi connectivity index (χ3v) is 24.4. The maximum absolute atomic E-state index is 2.42. The second-order valence-electron chi connectivity index (χ2n) is 31.1. The Labute approximate surface area is 685 Å². The number of hydrogen-bond acceptors (Lipinski definition) is 0. The van der Waals surface area contributed by atoms with Gasteiger partial charge in [-0.25, -0.2) is 0 Å². The average Bonchev–Trinajstić information content (AvgIpc) is 0.720. The predicted molar refractivity (Wildman–Crippen MR) is 510 cm³/mol. The Balaban J connectivity index is 0.000000107. The lowest BCUT2D eigenvalue weighted by Gasteiger charge is -2.20. The Kier molecular flexibility index (Phi) is 17.4. The fourth-order valence-corrected chi connectivity index (χ4v) is 19.2. The van der Waals surface area contributed by atoms with Gasteiger partial charge in [0.2, 0.25) is 0 Å². The molecule has 0 amide bonds. The van der Waals surface area contributed by atoms with Crippen LogP contribution in [0.4, 0.5) is 0 Å². The summed E-state index contributed by atoms with van der Waals surface area (Å²) in [6.45, 7) is 0. The van der Waals surface area contributed by atoms with Crippen molar-refractivity contribution in [2.24, 2.45) is 0 Å². The molecular formula is C118H76. The van der Waals surface area contributed by atoms with Crippen LogP contribution in [0, 0.1) is 0 Å². The van der Waals surface area contributed by atoms with Crippen LogP contribution in [0.5, 0.6) is 0 Å². The summed E-state index contributed by atoms with van der Waals surface area (Å²) in [7, 11) is 0. The SMILES string of the molecule is c1ccc(-c2c3ccccc3c(-c3ccc(-c4cccc5ccccc45)cc3)c3ccccc23)cc1.c1ccc(-c2cc(-c3ccccc3)cc(-c3c4ccccc4c(-c4cccc5ccccc45)c4ccccc34)c2)cc1.c1ccc2cc(-c3c4ccccc4c(-c4cc5cccc6ccc7cccc4c7c65)c4ccccc34)ccc2c1. The fraction of sp³-hybridized carbons (Fsp3) is 0. The molecule has 0 spiro atoms. The monoisotopic (exact) mass is 1490 g/mol. The highest BCUT2D eigenvalue weighted by atomic mass is 14.3. The molecule has 24 rings (SSSR count).